The van der Waals surface area contributed by atoms with Crippen LogP contribution in [0.15, 0.2) is 30.7 Å². The van der Waals surface area contributed by atoms with E-state index in [4.69, 9.17) is 9.47 Å². The van der Waals surface area contributed by atoms with E-state index in [1.165, 1.54) is 6.33 Å². The Morgan fingerprint density at radius 3 is 2.84 bits per heavy atom. The van der Waals surface area contributed by atoms with Gasteiger partial charge in [0.25, 0.3) is 0 Å². The van der Waals surface area contributed by atoms with Crippen LogP contribution in [0.5, 0.6) is 11.5 Å². The van der Waals surface area contributed by atoms with Crippen LogP contribution < -0.4 is 9.47 Å². The van der Waals surface area contributed by atoms with Crippen molar-refractivity contribution >= 4 is 5.78 Å². The van der Waals surface area contributed by atoms with E-state index >= 15 is 0 Å². The molecule has 0 spiro atoms. The SMILES string of the molecule is Cc1cc2c(cc1C(=O)Cc1ccncn1)OCO2. The highest BCUT2D eigenvalue weighted by molar-refractivity contribution is 5.99. The molecule has 0 saturated carbocycles. The number of carbonyl (C=O) groups is 1. The molecule has 1 aliphatic rings. The van der Waals surface area contributed by atoms with E-state index in [1.807, 2.05) is 13.0 Å². The molecule has 0 aliphatic carbocycles. The number of ketones is 1. The molecule has 3 rings (SSSR count). The van der Waals surface area contributed by atoms with Crippen LogP contribution in [0, 0.1) is 6.92 Å². The zero-order chi connectivity index (χ0) is 13.2. The Morgan fingerprint density at radius 2 is 2.11 bits per heavy atom. The summed E-state index contributed by atoms with van der Waals surface area (Å²) >= 11 is 0. The fraction of sp³-hybridized carbons (Fsp3) is 0.214. The standard InChI is InChI=1S/C14H12N2O3/c1-9-4-13-14(19-8-18-13)6-11(9)12(17)5-10-2-3-15-7-16-10/h2-4,6-7H,5,8H2,1H3. The van der Waals surface area contributed by atoms with Gasteiger partial charge in [-0.1, -0.05) is 0 Å². The van der Waals surface area contributed by atoms with Crippen LogP contribution in [0.25, 0.3) is 0 Å². The van der Waals surface area contributed by atoms with Gasteiger partial charge in [-0.3, -0.25) is 4.79 Å². The second-order valence-electron chi connectivity index (χ2n) is 4.32. The molecule has 5 heteroatoms. The maximum absolute atomic E-state index is 12.3. The van der Waals surface area contributed by atoms with Crippen LogP contribution in [-0.2, 0) is 6.42 Å². The van der Waals surface area contributed by atoms with Gasteiger partial charge in [0, 0.05) is 11.8 Å². The first-order valence-electron chi connectivity index (χ1n) is 5.92. The summed E-state index contributed by atoms with van der Waals surface area (Å²) in [6, 6.07) is 5.30. The third-order valence-electron chi connectivity index (χ3n) is 3.00. The van der Waals surface area contributed by atoms with Gasteiger partial charge in [0.05, 0.1) is 12.1 Å². The third-order valence-corrected chi connectivity index (χ3v) is 3.00. The molecule has 0 radical (unpaired) electrons. The Hall–Kier alpha value is -2.43. The summed E-state index contributed by atoms with van der Waals surface area (Å²) in [5, 5.41) is 0. The summed E-state index contributed by atoms with van der Waals surface area (Å²) in [5.74, 6) is 1.32. The number of fused-ring (bicyclic) bond motifs is 1. The van der Waals surface area contributed by atoms with Crippen molar-refractivity contribution in [2.24, 2.45) is 0 Å². The van der Waals surface area contributed by atoms with Gasteiger partial charge in [0.1, 0.15) is 6.33 Å². The predicted octanol–water partition coefficient (Wildman–Crippen LogP) is 1.94. The molecule has 5 nitrogen and oxygen atoms in total. The van der Waals surface area contributed by atoms with Crippen LogP contribution in [0.4, 0.5) is 0 Å². The Kier molecular flexibility index (Phi) is 2.87. The van der Waals surface area contributed by atoms with E-state index in [1.54, 1.807) is 18.3 Å². The molecular formula is C14H12N2O3. The highest BCUT2D eigenvalue weighted by Gasteiger charge is 2.19. The van der Waals surface area contributed by atoms with E-state index in [-0.39, 0.29) is 19.0 Å². The molecule has 96 valence electrons. The summed E-state index contributed by atoms with van der Waals surface area (Å²) in [5.41, 5.74) is 2.23. The monoisotopic (exact) mass is 256 g/mol. The van der Waals surface area contributed by atoms with E-state index in [9.17, 15) is 4.79 Å². The van der Waals surface area contributed by atoms with Crippen LogP contribution in [0.1, 0.15) is 21.6 Å². The van der Waals surface area contributed by atoms with Crippen molar-refractivity contribution < 1.29 is 14.3 Å². The van der Waals surface area contributed by atoms with E-state index < -0.39 is 0 Å². The fourth-order valence-corrected chi connectivity index (χ4v) is 2.03. The minimum atomic E-state index is 0.00880. The number of carbonyl (C=O) groups excluding carboxylic acids is 1. The highest BCUT2D eigenvalue weighted by atomic mass is 16.7. The van der Waals surface area contributed by atoms with E-state index in [0.29, 0.717) is 22.8 Å². The Balaban J connectivity index is 1.88. The number of rotatable bonds is 3. The van der Waals surface area contributed by atoms with Gasteiger partial charge in [-0.05, 0) is 30.7 Å². The van der Waals surface area contributed by atoms with Crippen LogP contribution >= 0.6 is 0 Å². The summed E-state index contributed by atoms with van der Waals surface area (Å²) < 4.78 is 10.6. The lowest BCUT2D eigenvalue weighted by Gasteiger charge is -2.06. The number of hydrogen-bond acceptors (Lipinski definition) is 5. The third kappa shape index (κ3) is 2.27. The van der Waals surface area contributed by atoms with Gasteiger partial charge in [0.15, 0.2) is 17.3 Å². The maximum atomic E-state index is 12.3. The van der Waals surface area contributed by atoms with Crippen molar-refractivity contribution in [1.82, 2.24) is 9.97 Å². The molecule has 2 heterocycles. The molecule has 0 N–H and O–H groups in total. The first-order valence-corrected chi connectivity index (χ1v) is 5.92. The number of hydrogen-bond donors (Lipinski definition) is 0. The van der Waals surface area contributed by atoms with Gasteiger partial charge in [0.2, 0.25) is 6.79 Å². The van der Waals surface area contributed by atoms with Crippen molar-refractivity contribution in [3.05, 3.63) is 47.5 Å². The smallest absolute Gasteiger partial charge is 0.231 e. The number of aryl methyl sites for hydroxylation is 1. The zero-order valence-corrected chi connectivity index (χ0v) is 10.4. The number of aromatic nitrogens is 2. The summed E-state index contributed by atoms with van der Waals surface area (Å²) in [6.07, 6.45) is 3.32. The van der Waals surface area contributed by atoms with Crippen LogP contribution in [0.2, 0.25) is 0 Å². The number of ether oxygens (including phenoxy) is 2. The van der Waals surface area contributed by atoms with Crippen molar-refractivity contribution in [3.63, 3.8) is 0 Å². The van der Waals surface area contributed by atoms with Crippen molar-refractivity contribution in [3.8, 4) is 11.5 Å². The molecule has 0 amide bonds. The summed E-state index contributed by atoms with van der Waals surface area (Å²) in [4.78, 5) is 20.2. The van der Waals surface area contributed by atoms with Gasteiger partial charge >= 0.3 is 0 Å². The second-order valence-corrected chi connectivity index (χ2v) is 4.32. The molecule has 0 atom stereocenters. The summed E-state index contributed by atoms with van der Waals surface area (Å²) in [6.45, 7) is 2.09. The van der Waals surface area contributed by atoms with Gasteiger partial charge < -0.3 is 9.47 Å². The molecule has 2 aromatic rings. The molecule has 1 aromatic carbocycles. The van der Waals surface area contributed by atoms with Crippen molar-refractivity contribution in [2.45, 2.75) is 13.3 Å². The zero-order valence-electron chi connectivity index (χ0n) is 10.4. The van der Waals surface area contributed by atoms with Crippen LogP contribution in [-0.4, -0.2) is 22.5 Å². The molecule has 0 bridgehead atoms. The number of Topliss-reactive ketones (excluding diaryl/α,β-unsaturated/α-hetero) is 1. The molecule has 19 heavy (non-hydrogen) atoms. The molecule has 0 saturated heterocycles. The lowest BCUT2D eigenvalue weighted by atomic mass is 10.0. The lowest BCUT2D eigenvalue weighted by Crippen LogP contribution is -2.07. The largest absolute Gasteiger partial charge is 0.454 e. The molecule has 0 fully saturated rings. The molecule has 0 unspecified atom stereocenters. The van der Waals surface area contributed by atoms with Crippen molar-refractivity contribution in [2.75, 3.05) is 6.79 Å². The minimum Gasteiger partial charge on any atom is -0.454 e. The highest BCUT2D eigenvalue weighted by Crippen LogP contribution is 2.34. The fourth-order valence-electron chi connectivity index (χ4n) is 2.03. The normalized spacial score (nSPS) is 12.5. The first-order chi connectivity index (χ1) is 9.24. The maximum Gasteiger partial charge on any atom is 0.231 e. The average Bonchev–Trinajstić information content (AvgIpc) is 2.86. The van der Waals surface area contributed by atoms with Crippen molar-refractivity contribution in [1.29, 1.82) is 0 Å². The van der Waals surface area contributed by atoms with Gasteiger partial charge in [-0.2, -0.15) is 0 Å². The Morgan fingerprint density at radius 1 is 1.32 bits per heavy atom. The topological polar surface area (TPSA) is 61.3 Å². The van der Waals surface area contributed by atoms with Gasteiger partial charge in [-0.15, -0.1) is 0 Å². The molecule has 1 aliphatic heterocycles. The van der Waals surface area contributed by atoms with E-state index in [0.717, 1.165) is 5.56 Å². The molecule has 1 aromatic heterocycles. The lowest BCUT2D eigenvalue weighted by molar-refractivity contribution is 0.0991. The molecular weight excluding hydrogens is 244 g/mol. The first kappa shape index (κ1) is 11.6. The minimum absolute atomic E-state index is 0.00880. The van der Waals surface area contributed by atoms with Gasteiger partial charge in [-0.25, -0.2) is 9.97 Å². The predicted molar refractivity (Wildman–Crippen MR) is 67.4 cm³/mol. The summed E-state index contributed by atoms with van der Waals surface area (Å²) in [7, 11) is 0. The Bertz CT molecular complexity index is 626. The van der Waals surface area contributed by atoms with Crippen LogP contribution in [0.3, 0.4) is 0 Å². The quantitative estimate of drug-likeness (QED) is 0.785. The number of nitrogens with zero attached hydrogens (tertiary/aromatic N) is 2. The van der Waals surface area contributed by atoms with E-state index in [2.05, 4.69) is 9.97 Å². The Labute approximate surface area is 110 Å². The average molecular weight is 256 g/mol. The second kappa shape index (κ2) is 4.68. The number of benzene rings is 1.